The second-order valence-electron chi connectivity index (χ2n) is 7.20. The monoisotopic (exact) mass is 430 g/mol. The Bertz CT molecular complexity index is 1190. The summed E-state index contributed by atoms with van der Waals surface area (Å²) < 4.78 is 16.2. The summed E-state index contributed by atoms with van der Waals surface area (Å²) in [7, 11) is 0. The van der Waals surface area contributed by atoms with Crippen molar-refractivity contribution >= 4 is 39.9 Å². The van der Waals surface area contributed by atoms with E-state index in [1.54, 1.807) is 10.3 Å². The van der Waals surface area contributed by atoms with Crippen molar-refractivity contribution in [1.82, 2.24) is 14.5 Å². The lowest BCUT2D eigenvalue weighted by molar-refractivity contribution is -0.123. The zero-order valence-corrected chi connectivity index (χ0v) is 17.0. The highest BCUT2D eigenvalue weighted by Gasteiger charge is 2.34. The van der Waals surface area contributed by atoms with Crippen LogP contribution in [0.2, 0.25) is 0 Å². The van der Waals surface area contributed by atoms with Crippen LogP contribution < -0.4 is 10.3 Å². The molecule has 0 radical (unpaired) electrons. The Morgan fingerprint density at radius 2 is 2.13 bits per heavy atom. The highest BCUT2D eigenvalue weighted by Crippen LogP contribution is 2.29. The first-order chi connectivity index (χ1) is 14.4. The molecule has 0 aliphatic carbocycles. The molecule has 4 heterocycles. The van der Waals surface area contributed by atoms with Crippen molar-refractivity contribution in [2.24, 2.45) is 5.92 Å². The van der Waals surface area contributed by atoms with Crippen molar-refractivity contribution in [3.05, 3.63) is 45.4 Å². The summed E-state index contributed by atoms with van der Waals surface area (Å²) in [4.78, 5) is 46.4. The Hall–Kier alpha value is -3.14. The van der Waals surface area contributed by atoms with E-state index in [1.807, 2.05) is 6.92 Å². The van der Waals surface area contributed by atoms with E-state index < -0.39 is 22.8 Å². The predicted molar refractivity (Wildman–Crippen MR) is 110 cm³/mol. The van der Waals surface area contributed by atoms with Gasteiger partial charge in [0.1, 0.15) is 11.3 Å². The topological polar surface area (TPSA) is 105 Å². The molecular formula is C20H19FN4O4S. The van der Waals surface area contributed by atoms with Crippen molar-refractivity contribution in [1.29, 1.82) is 0 Å². The van der Waals surface area contributed by atoms with Crippen molar-refractivity contribution in [3.8, 4) is 5.13 Å². The van der Waals surface area contributed by atoms with Gasteiger partial charge < -0.3 is 10.0 Å². The average molecular weight is 430 g/mol. The maximum Gasteiger partial charge on any atom is 0.341 e. The van der Waals surface area contributed by atoms with Gasteiger partial charge in [0.05, 0.1) is 11.3 Å². The molecule has 1 fully saturated rings. The Kier molecular flexibility index (Phi) is 5.33. The third-order valence-electron chi connectivity index (χ3n) is 5.18. The highest BCUT2D eigenvalue weighted by molar-refractivity contribution is 7.12. The first-order valence-corrected chi connectivity index (χ1v) is 10.5. The molecule has 1 aliphatic heterocycles. The van der Waals surface area contributed by atoms with Crippen LogP contribution in [-0.2, 0) is 4.79 Å². The number of pyridine rings is 2. The number of Topliss-reactive ketones (excluding diaryl/α,β-unsaturated/α-hetero) is 1. The number of carboxylic acids is 1. The summed E-state index contributed by atoms with van der Waals surface area (Å²) >= 11 is 1.23. The molecule has 1 aliphatic rings. The van der Waals surface area contributed by atoms with Crippen LogP contribution in [0, 0.1) is 11.7 Å². The molecule has 8 nitrogen and oxygen atoms in total. The zero-order chi connectivity index (χ0) is 21.4. The number of thiazole rings is 1. The summed E-state index contributed by atoms with van der Waals surface area (Å²) in [5.74, 6) is -2.08. The minimum absolute atomic E-state index is 0.0369. The molecule has 0 amide bonds. The normalized spacial score (nSPS) is 14.1. The van der Waals surface area contributed by atoms with Crippen molar-refractivity contribution < 1.29 is 19.1 Å². The Balaban J connectivity index is 1.76. The fourth-order valence-electron chi connectivity index (χ4n) is 3.48. The maximum absolute atomic E-state index is 14.8. The number of ketones is 1. The smallest absolute Gasteiger partial charge is 0.341 e. The quantitative estimate of drug-likeness (QED) is 0.614. The number of nitrogens with zero attached hydrogens (tertiary/aromatic N) is 4. The first-order valence-electron chi connectivity index (χ1n) is 9.57. The second-order valence-corrected chi connectivity index (χ2v) is 8.07. The molecule has 1 N–H and O–H groups in total. The van der Waals surface area contributed by atoms with E-state index in [1.165, 1.54) is 22.1 Å². The van der Waals surface area contributed by atoms with Gasteiger partial charge >= 0.3 is 5.97 Å². The molecule has 4 rings (SSSR count). The largest absolute Gasteiger partial charge is 0.477 e. The lowest BCUT2D eigenvalue weighted by atomic mass is 9.92. The number of carbonyl (C=O) groups excluding carboxylic acids is 1. The summed E-state index contributed by atoms with van der Waals surface area (Å²) in [6.07, 6.45) is 4.99. The van der Waals surface area contributed by atoms with Gasteiger partial charge in [0.2, 0.25) is 5.43 Å². The minimum Gasteiger partial charge on any atom is -0.477 e. The zero-order valence-electron chi connectivity index (χ0n) is 16.2. The van der Waals surface area contributed by atoms with Crippen LogP contribution in [0.3, 0.4) is 0 Å². The van der Waals surface area contributed by atoms with E-state index in [0.29, 0.717) is 24.6 Å². The fourth-order valence-corrected chi connectivity index (χ4v) is 4.10. The van der Waals surface area contributed by atoms with Gasteiger partial charge in [0.25, 0.3) is 0 Å². The Labute approximate surface area is 174 Å². The molecule has 0 saturated carbocycles. The summed E-state index contributed by atoms with van der Waals surface area (Å²) in [5, 5.41) is 11.3. The third-order valence-corrected chi connectivity index (χ3v) is 5.95. The van der Waals surface area contributed by atoms with Crippen LogP contribution >= 0.6 is 11.3 Å². The van der Waals surface area contributed by atoms with Gasteiger partial charge in [-0.25, -0.2) is 19.2 Å². The lowest BCUT2D eigenvalue weighted by Gasteiger charge is -2.39. The Morgan fingerprint density at radius 1 is 1.37 bits per heavy atom. The number of unbranched alkanes of at least 4 members (excludes halogenated alkanes) is 1. The molecule has 10 heteroatoms. The van der Waals surface area contributed by atoms with Crippen LogP contribution in [0.15, 0.2) is 28.6 Å². The van der Waals surface area contributed by atoms with Gasteiger partial charge in [-0.1, -0.05) is 13.3 Å². The molecule has 0 bridgehead atoms. The van der Waals surface area contributed by atoms with Crippen LogP contribution in [0.4, 0.5) is 10.2 Å². The number of anilines is 1. The van der Waals surface area contributed by atoms with Crippen LogP contribution in [0.1, 0.15) is 36.5 Å². The molecule has 0 atom stereocenters. The van der Waals surface area contributed by atoms with Gasteiger partial charge in [-0.15, -0.1) is 11.3 Å². The van der Waals surface area contributed by atoms with E-state index in [9.17, 15) is 23.9 Å². The number of rotatable bonds is 7. The molecule has 156 valence electrons. The number of hydrogen-bond acceptors (Lipinski definition) is 7. The Morgan fingerprint density at radius 3 is 2.77 bits per heavy atom. The van der Waals surface area contributed by atoms with Gasteiger partial charge in [-0.05, 0) is 12.5 Å². The van der Waals surface area contributed by atoms with Crippen LogP contribution in [0.25, 0.3) is 16.2 Å². The van der Waals surface area contributed by atoms with Crippen LogP contribution in [-0.4, -0.2) is 44.5 Å². The number of carboxylic acid groups (broad SMARTS) is 1. The van der Waals surface area contributed by atoms with Gasteiger partial charge in [0.15, 0.2) is 22.4 Å². The molecule has 3 aromatic heterocycles. The lowest BCUT2D eigenvalue weighted by Crippen LogP contribution is -2.51. The molecule has 0 unspecified atom stereocenters. The number of hydrogen-bond donors (Lipinski definition) is 1. The van der Waals surface area contributed by atoms with E-state index in [0.717, 1.165) is 25.1 Å². The predicted octanol–water partition coefficient (Wildman–Crippen LogP) is 2.88. The molecule has 0 aromatic carbocycles. The van der Waals surface area contributed by atoms with E-state index in [2.05, 4.69) is 9.97 Å². The van der Waals surface area contributed by atoms with Crippen molar-refractivity contribution in [2.45, 2.75) is 26.2 Å². The molecule has 3 aromatic rings. The molecule has 30 heavy (non-hydrogen) atoms. The summed E-state index contributed by atoms with van der Waals surface area (Å²) in [6.45, 7) is 2.76. The second kappa shape index (κ2) is 7.94. The molecule has 0 spiro atoms. The minimum atomic E-state index is -1.41. The number of halogens is 1. The van der Waals surface area contributed by atoms with Crippen LogP contribution in [0.5, 0.6) is 0 Å². The standard InChI is InChI=1S/C20H19FN4O4S/c1-2-3-4-15(26)11-8-24(9-11)18-14(21)7-12-16(27)13(19(28)29)10-25(17(12)23-18)20-22-5-6-30-20/h5-7,10-11H,2-4,8-9H2,1H3,(H,28,29). The summed E-state index contributed by atoms with van der Waals surface area (Å²) in [5.41, 5.74) is -1.17. The van der Waals surface area contributed by atoms with Gasteiger partial charge in [-0.3, -0.25) is 14.2 Å². The van der Waals surface area contributed by atoms with Gasteiger partial charge in [0, 0.05) is 37.3 Å². The average Bonchev–Trinajstić information content (AvgIpc) is 3.20. The number of fused-ring (bicyclic) bond motifs is 1. The molecular weight excluding hydrogens is 411 g/mol. The summed E-state index contributed by atoms with van der Waals surface area (Å²) in [6, 6.07) is 1.02. The van der Waals surface area contributed by atoms with Crippen molar-refractivity contribution in [3.63, 3.8) is 0 Å². The SMILES string of the molecule is CCCCC(=O)C1CN(c2nc3c(cc2F)c(=O)c(C(=O)O)cn3-c2nccs2)C1. The van der Waals surface area contributed by atoms with Crippen molar-refractivity contribution in [2.75, 3.05) is 18.0 Å². The third kappa shape index (κ3) is 3.47. The maximum atomic E-state index is 14.8. The first kappa shape index (κ1) is 20.1. The van der Waals surface area contributed by atoms with E-state index >= 15 is 0 Å². The van der Waals surface area contributed by atoms with E-state index in [-0.39, 0.29) is 28.6 Å². The number of aromatic carboxylic acids is 1. The van der Waals surface area contributed by atoms with Gasteiger partial charge in [-0.2, -0.15) is 0 Å². The number of aromatic nitrogens is 3. The molecule has 1 saturated heterocycles. The fraction of sp³-hybridized carbons (Fsp3) is 0.350. The number of carbonyl (C=O) groups is 2. The van der Waals surface area contributed by atoms with E-state index in [4.69, 9.17) is 0 Å². The highest BCUT2D eigenvalue weighted by atomic mass is 32.1.